The molecule has 1 rings (SSSR count). The summed E-state index contributed by atoms with van der Waals surface area (Å²) in [5.74, 6) is -0.131. The lowest BCUT2D eigenvalue weighted by Crippen LogP contribution is -2.43. The molecule has 2 N–H and O–H groups in total. The van der Waals surface area contributed by atoms with E-state index in [1.54, 1.807) is 79.7 Å². The van der Waals surface area contributed by atoms with Gasteiger partial charge in [0, 0.05) is 5.56 Å². The SMILES string of the molecule is CC(C)OC(=O)NC(=N)c1ccc(CN(C(=O)OC(C)(C)C)C(=O)OC(C)(C)C)cc1. The molecule has 1 aromatic rings. The van der Waals surface area contributed by atoms with Crippen LogP contribution < -0.4 is 5.32 Å². The van der Waals surface area contributed by atoms with Gasteiger partial charge in [-0.25, -0.2) is 19.3 Å². The van der Waals surface area contributed by atoms with E-state index in [-0.39, 0.29) is 18.5 Å². The van der Waals surface area contributed by atoms with E-state index in [4.69, 9.17) is 19.6 Å². The highest BCUT2D eigenvalue weighted by Crippen LogP contribution is 2.17. The number of amides is 3. The fraction of sp³-hybridized carbons (Fsp3) is 0.545. The van der Waals surface area contributed by atoms with E-state index in [2.05, 4.69) is 5.32 Å². The second-order valence-electron chi connectivity index (χ2n) is 9.20. The van der Waals surface area contributed by atoms with Gasteiger partial charge < -0.3 is 14.2 Å². The van der Waals surface area contributed by atoms with Crippen LogP contribution in [0.1, 0.15) is 66.5 Å². The number of hydrogen-bond donors (Lipinski definition) is 2. The van der Waals surface area contributed by atoms with Crippen LogP contribution in [0.4, 0.5) is 14.4 Å². The minimum Gasteiger partial charge on any atom is -0.447 e. The Bertz CT molecular complexity index is 776. The van der Waals surface area contributed by atoms with Gasteiger partial charge in [0.05, 0.1) is 12.6 Å². The van der Waals surface area contributed by atoms with Crippen molar-refractivity contribution in [2.75, 3.05) is 0 Å². The summed E-state index contributed by atoms with van der Waals surface area (Å²) in [6.45, 7) is 13.6. The lowest BCUT2D eigenvalue weighted by atomic mass is 10.1. The molecule has 0 aliphatic rings. The average molecular weight is 436 g/mol. The molecular formula is C22H33N3O6. The predicted octanol–water partition coefficient (Wildman–Crippen LogP) is 4.82. The van der Waals surface area contributed by atoms with Crippen LogP contribution in [-0.2, 0) is 20.8 Å². The van der Waals surface area contributed by atoms with Crippen molar-refractivity contribution in [3.63, 3.8) is 0 Å². The van der Waals surface area contributed by atoms with Crippen molar-refractivity contribution < 1.29 is 28.6 Å². The van der Waals surface area contributed by atoms with Crippen LogP contribution in [0.3, 0.4) is 0 Å². The Morgan fingerprint density at radius 2 is 1.39 bits per heavy atom. The molecule has 0 fully saturated rings. The molecule has 0 saturated carbocycles. The third kappa shape index (κ3) is 9.97. The minimum atomic E-state index is -0.823. The van der Waals surface area contributed by atoms with Crippen molar-refractivity contribution >= 4 is 24.1 Å². The molecule has 0 atom stereocenters. The maximum atomic E-state index is 12.6. The Hall–Kier alpha value is -3.10. The third-order valence-corrected chi connectivity index (χ3v) is 3.38. The molecule has 9 heteroatoms. The van der Waals surface area contributed by atoms with Crippen molar-refractivity contribution in [3.8, 4) is 0 Å². The highest BCUT2D eigenvalue weighted by atomic mass is 16.6. The number of ether oxygens (including phenoxy) is 3. The highest BCUT2D eigenvalue weighted by molar-refractivity contribution is 6.04. The molecule has 0 aromatic heterocycles. The van der Waals surface area contributed by atoms with Gasteiger partial charge in [-0.2, -0.15) is 0 Å². The van der Waals surface area contributed by atoms with Crippen LogP contribution in [0.25, 0.3) is 0 Å². The molecule has 9 nitrogen and oxygen atoms in total. The number of imide groups is 1. The van der Waals surface area contributed by atoms with Crippen LogP contribution in [-0.4, -0.2) is 46.3 Å². The second-order valence-corrected chi connectivity index (χ2v) is 9.20. The summed E-state index contributed by atoms with van der Waals surface area (Å²) in [4.78, 5) is 37.7. The zero-order chi connectivity index (χ0) is 24.0. The molecule has 0 heterocycles. The van der Waals surface area contributed by atoms with Crippen molar-refractivity contribution in [1.82, 2.24) is 10.2 Å². The fourth-order valence-electron chi connectivity index (χ4n) is 2.21. The fourth-order valence-corrected chi connectivity index (χ4v) is 2.21. The molecule has 0 saturated heterocycles. The molecule has 0 aliphatic carbocycles. The molecule has 172 valence electrons. The van der Waals surface area contributed by atoms with Gasteiger partial charge in [0.2, 0.25) is 0 Å². The molecule has 0 bridgehead atoms. The molecule has 1 aromatic carbocycles. The van der Waals surface area contributed by atoms with Gasteiger partial charge >= 0.3 is 18.3 Å². The molecule has 0 spiro atoms. The third-order valence-electron chi connectivity index (χ3n) is 3.38. The van der Waals surface area contributed by atoms with Gasteiger partial charge in [0.1, 0.15) is 17.0 Å². The number of hydrogen-bond acceptors (Lipinski definition) is 7. The van der Waals surface area contributed by atoms with Crippen LogP contribution in [0, 0.1) is 5.41 Å². The molecular weight excluding hydrogens is 402 g/mol. The van der Waals surface area contributed by atoms with Gasteiger partial charge in [0.15, 0.2) is 0 Å². The highest BCUT2D eigenvalue weighted by Gasteiger charge is 2.31. The van der Waals surface area contributed by atoms with Crippen LogP contribution in [0.2, 0.25) is 0 Å². The lowest BCUT2D eigenvalue weighted by Gasteiger charge is -2.28. The Balaban J connectivity index is 2.96. The maximum absolute atomic E-state index is 12.6. The van der Waals surface area contributed by atoms with Crippen LogP contribution >= 0.6 is 0 Å². The first-order valence-electron chi connectivity index (χ1n) is 9.96. The average Bonchev–Trinajstić information content (AvgIpc) is 2.56. The number of rotatable bonds is 4. The summed E-state index contributed by atoms with van der Waals surface area (Å²) in [5, 5.41) is 10.3. The molecule has 31 heavy (non-hydrogen) atoms. The Morgan fingerprint density at radius 3 is 1.77 bits per heavy atom. The zero-order valence-corrected chi connectivity index (χ0v) is 19.5. The number of nitrogens with zero attached hydrogens (tertiary/aromatic N) is 1. The first kappa shape index (κ1) is 25.9. The van der Waals surface area contributed by atoms with E-state index in [1.165, 1.54) is 0 Å². The quantitative estimate of drug-likeness (QED) is 0.398. The number of benzene rings is 1. The minimum absolute atomic E-state index is 0.0831. The number of carbonyl (C=O) groups is 3. The second kappa shape index (κ2) is 10.3. The van der Waals surface area contributed by atoms with Crippen molar-refractivity contribution in [2.45, 2.75) is 79.2 Å². The summed E-state index contributed by atoms with van der Waals surface area (Å²) in [6.07, 6.45) is -2.67. The first-order valence-corrected chi connectivity index (χ1v) is 9.96. The molecule has 3 amide bonds. The Morgan fingerprint density at radius 1 is 0.935 bits per heavy atom. The first-order chi connectivity index (χ1) is 14.1. The Labute approximate surface area is 183 Å². The summed E-state index contributed by atoms with van der Waals surface area (Å²) in [5.41, 5.74) is -0.525. The zero-order valence-electron chi connectivity index (χ0n) is 19.5. The summed E-state index contributed by atoms with van der Waals surface area (Å²) in [6, 6.07) is 6.47. The predicted molar refractivity (Wildman–Crippen MR) is 116 cm³/mol. The largest absolute Gasteiger partial charge is 0.447 e. The molecule has 0 aliphatic heterocycles. The van der Waals surface area contributed by atoms with E-state index in [9.17, 15) is 14.4 Å². The summed E-state index contributed by atoms with van der Waals surface area (Å²) < 4.78 is 15.6. The van der Waals surface area contributed by atoms with Crippen LogP contribution in [0.15, 0.2) is 24.3 Å². The van der Waals surface area contributed by atoms with Gasteiger partial charge in [-0.3, -0.25) is 10.7 Å². The van der Waals surface area contributed by atoms with E-state index in [1.807, 2.05) is 0 Å². The number of nitrogens with one attached hydrogen (secondary N) is 2. The topological polar surface area (TPSA) is 118 Å². The smallest absolute Gasteiger partial charge is 0.420 e. The summed E-state index contributed by atoms with van der Waals surface area (Å²) >= 11 is 0. The van der Waals surface area contributed by atoms with Gasteiger partial charge in [-0.1, -0.05) is 24.3 Å². The van der Waals surface area contributed by atoms with E-state index < -0.39 is 29.5 Å². The number of amidine groups is 1. The van der Waals surface area contributed by atoms with Crippen molar-refractivity contribution in [3.05, 3.63) is 35.4 Å². The van der Waals surface area contributed by atoms with E-state index in [0.29, 0.717) is 11.1 Å². The van der Waals surface area contributed by atoms with E-state index in [0.717, 1.165) is 4.90 Å². The normalized spacial score (nSPS) is 11.5. The maximum Gasteiger partial charge on any atom is 0.420 e. The lowest BCUT2D eigenvalue weighted by molar-refractivity contribution is -0.000267. The van der Waals surface area contributed by atoms with Gasteiger partial charge in [0.25, 0.3) is 0 Å². The number of carbonyl (C=O) groups excluding carboxylic acids is 3. The summed E-state index contributed by atoms with van der Waals surface area (Å²) in [7, 11) is 0. The van der Waals surface area contributed by atoms with Crippen molar-refractivity contribution in [2.24, 2.45) is 0 Å². The van der Waals surface area contributed by atoms with Crippen LogP contribution in [0.5, 0.6) is 0 Å². The monoisotopic (exact) mass is 435 g/mol. The van der Waals surface area contributed by atoms with E-state index >= 15 is 0 Å². The van der Waals surface area contributed by atoms with Gasteiger partial charge in [-0.15, -0.1) is 0 Å². The van der Waals surface area contributed by atoms with Crippen molar-refractivity contribution in [1.29, 1.82) is 5.41 Å². The molecule has 0 unspecified atom stereocenters. The Kier molecular flexibility index (Phi) is 8.60. The number of alkyl carbamates (subject to hydrolysis) is 1. The molecule has 0 radical (unpaired) electrons. The standard InChI is InChI=1S/C22H33N3O6/c1-14(2)29-18(26)24-17(23)16-11-9-15(10-12-16)13-25(19(27)30-21(3,4)5)20(28)31-22(6,7)8/h9-12,14H,13H2,1-8H3,(H2,23,24,26). The van der Waals surface area contributed by atoms with Gasteiger partial charge in [-0.05, 0) is 61.0 Å².